The second-order valence-electron chi connectivity index (χ2n) is 6.85. The lowest BCUT2D eigenvalue weighted by molar-refractivity contribution is -0.118. The molecule has 2 aliphatic heterocycles. The number of amides is 1. The van der Waals surface area contributed by atoms with Crippen molar-refractivity contribution < 1.29 is 14.3 Å². The third kappa shape index (κ3) is 2.77. The number of hydrogen-bond acceptors (Lipinski definition) is 4. The maximum absolute atomic E-state index is 11.3. The van der Waals surface area contributed by atoms with Crippen LogP contribution in [0.4, 0.5) is 11.4 Å². The van der Waals surface area contributed by atoms with Gasteiger partial charge in [-0.15, -0.1) is 0 Å². The second kappa shape index (κ2) is 5.44. The van der Waals surface area contributed by atoms with E-state index in [1.807, 2.05) is 18.2 Å². The van der Waals surface area contributed by atoms with Crippen LogP contribution >= 0.6 is 0 Å². The molecule has 0 bridgehead atoms. The zero-order valence-electron chi connectivity index (χ0n) is 13.8. The van der Waals surface area contributed by atoms with Crippen molar-refractivity contribution in [3.8, 4) is 11.5 Å². The van der Waals surface area contributed by atoms with Crippen molar-refractivity contribution in [2.24, 2.45) is 0 Å². The van der Waals surface area contributed by atoms with Gasteiger partial charge in [-0.25, -0.2) is 0 Å². The Morgan fingerprint density at radius 1 is 1.25 bits per heavy atom. The molecule has 0 atom stereocenters. The molecule has 5 heteroatoms. The van der Waals surface area contributed by atoms with Gasteiger partial charge in [-0.05, 0) is 31.5 Å². The molecule has 0 radical (unpaired) electrons. The van der Waals surface area contributed by atoms with Crippen LogP contribution in [0.3, 0.4) is 0 Å². The molecule has 4 rings (SSSR count). The summed E-state index contributed by atoms with van der Waals surface area (Å²) in [6.45, 7) is 4.95. The summed E-state index contributed by atoms with van der Waals surface area (Å²) in [5, 5.41) is 6.20. The van der Waals surface area contributed by atoms with E-state index < -0.39 is 0 Å². The smallest absolute Gasteiger partial charge is 0.262 e. The highest BCUT2D eigenvalue weighted by atomic mass is 16.5. The molecule has 0 aromatic heterocycles. The van der Waals surface area contributed by atoms with Gasteiger partial charge in [-0.1, -0.05) is 18.2 Å². The zero-order valence-corrected chi connectivity index (χ0v) is 13.8. The number of ether oxygens (including phenoxy) is 2. The summed E-state index contributed by atoms with van der Waals surface area (Å²) in [7, 11) is 0. The molecule has 2 aliphatic rings. The first-order valence-corrected chi connectivity index (χ1v) is 8.10. The number of anilines is 2. The highest BCUT2D eigenvalue weighted by Gasteiger charge is 2.31. The topological polar surface area (TPSA) is 59.6 Å². The van der Waals surface area contributed by atoms with Crippen LogP contribution < -0.4 is 20.1 Å². The molecule has 1 amide bonds. The molecule has 0 unspecified atom stereocenters. The van der Waals surface area contributed by atoms with Crippen molar-refractivity contribution in [2.45, 2.75) is 32.4 Å². The average Bonchev–Trinajstić information content (AvgIpc) is 2.87. The molecule has 0 saturated carbocycles. The lowest BCUT2D eigenvalue weighted by Gasteiger charge is -2.20. The number of hydrogen-bond donors (Lipinski definition) is 2. The number of carbonyl (C=O) groups is 1. The molecule has 2 aromatic carbocycles. The Morgan fingerprint density at radius 3 is 3.00 bits per heavy atom. The van der Waals surface area contributed by atoms with Gasteiger partial charge >= 0.3 is 0 Å². The molecule has 2 heterocycles. The number of fused-ring (bicyclic) bond motifs is 2. The molecule has 124 valence electrons. The van der Waals surface area contributed by atoms with E-state index in [4.69, 9.17) is 9.47 Å². The molecule has 24 heavy (non-hydrogen) atoms. The Hall–Kier alpha value is -2.69. The fourth-order valence-electron chi connectivity index (χ4n) is 3.20. The third-order valence-corrected chi connectivity index (χ3v) is 4.27. The Bertz CT molecular complexity index is 814. The fraction of sp³-hybridized carbons (Fsp3) is 0.316. The van der Waals surface area contributed by atoms with Crippen LogP contribution in [-0.2, 0) is 17.8 Å². The highest BCUT2D eigenvalue weighted by molar-refractivity contribution is 5.95. The Balaban J connectivity index is 1.51. The summed E-state index contributed by atoms with van der Waals surface area (Å²) >= 11 is 0. The van der Waals surface area contributed by atoms with Gasteiger partial charge in [0.15, 0.2) is 6.61 Å². The number of nitrogens with one attached hydrogen (secondary N) is 2. The first-order valence-electron chi connectivity index (χ1n) is 8.10. The molecule has 2 aromatic rings. The van der Waals surface area contributed by atoms with Crippen LogP contribution in [0.5, 0.6) is 11.5 Å². The summed E-state index contributed by atoms with van der Waals surface area (Å²) in [4.78, 5) is 11.3. The van der Waals surface area contributed by atoms with Crippen molar-refractivity contribution in [3.63, 3.8) is 0 Å². The van der Waals surface area contributed by atoms with Crippen LogP contribution in [0.1, 0.15) is 25.0 Å². The summed E-state index contributed by atoms with van der Waals surface area (Å²) < 4.78 is 11.6. The normalized spacial score (nSPS) is 17.2. The first kappa shape index (κ1) is 14.9. The van der Waals surface area contributed by atoms with E-state index in [1.165, 1.54) is 5.56 Å². The summed E-state index contributed by atoms with van der Waals surface area (Å²) in [5.41, 5.74) is 3.92. The molecular formula is C19H20N2O3. The second-order valence-corrected chi connectivity index (χ2v) is 6.85. The summed E-state index contributed by atoms with van der Waals surface area (Å²) in [6.07, 6.45) is 0.933. The van der Waals surface area contributed by atoms with Crippen LogP contribution in [0, 0.1) is 0 Å². The van der Waals surface area contributed by atoms with Crippen molar-refractivity contribution in [2.75, 3.05) is 17.2 Å². The summed E-state index contributed by atoms with van der Waals surface area (Å²) in [5.74, 6) is 1.56. The van der Waals surface area contributed by atoms with Gasteiger partial charge in [-0.3, -0.25) is 4.79 Å². The highest BCUT2D eigenvalue weighted by Crippen LogP contribution is 2.38. The standard InChI is InChI=1S/C19H20N2O3/c1-19(2)9-12-4-3-5-13(18(12)24-19)10-20-14-6-7-15-16(8-14)23-11-17(22)21-15/h3-8,20H,9-11H2,1-2H3,(H,21,22). The minimum absolute atomic E-state index is 0.0611. The van der Waals surface area contributed by atoms with Crippen LogP contribution in [-0.4, -0.2) is 18.1 Å². The molecule has 0 spiro atoms. The fourth-order valence-corrected chi connectivity index (χ4v) is 3.20. The minimum Gasteiger partial charge on any atom is -0.487 e. The van der Waals surface area contributed by atoms with Crippen molar-refractivity contribution >= 4 is 17.3 Å². The average molecular weight is 324 g/mol. The zero-order chi connectivity index (χ0) is 16.7. The van der Waals surface area contributed by atoms with Crippen molar-refractivity contribution in [1.29, 1.82) is 0 Å². The van der Waals surface area contributed by atoms with E-state index in [0.717, 1.165) is 23.4 Å². The monoisotopic (exact) mass is 324 g/mol. The lowest BCUT2D eigenvalue weighted by atomic mass is 10.0. The maximum atomic E-state index is 11.3. The molecule has 2 N–H and O–H groups in total. The first-order chi connectivity index (χ1) is 11.5. The number of para-hydroxylation sites is 1. The van der Waals surface area contributed by atoms with Gasteiger partial charge in [0.1, 0.15) is 17.1 Å². The number of carbonyl (C=O) groups excluding carboxylic acids is 1. The summed E-state index contributed by atoms with van der Waals surface area (Å²) in [6, 6.07) is 12.0. The van der Waals surface area contributed by atoms with Crippen LogP contribution in [0.15, 0.2) is 36.4 Å². The molecule has 5 nitrogen and oxygen atoms in total. The van der Waals surface area contributed by atoms with Gasteiger partial charge in [-0.2, -0.15) is 0 Å². The predicted molar refractivity (Wildman–Crippen MR) is 92.7 cm³/mol. The van der Waals surface area contributed by atoms with E-state index >= 15 is 0 Å². The van der Waals surface area contributed by atoms with E-state index in [1.54, 1.807) is 0 Å². The Kier molecular flexibility index (Phi) is 3.37. The van der Waals surface area contributed by atoms with Gasteiger partial charge in [0.25, 0.3) is 5.91 Å². The third-order valence-electron chi connectivity index (χ3n) is 4.27. The Labute approximate surface area is 141 Å². The van der Waals surface area contributed by atoms with Crippen LogP contribution in [0.25, 0.3) is 0 Å². The molecule has 0 fully saturated rings. The molecule has 0 aliphatic carbocycles. The predicted octanol–water partition coefficient (Wildman–Crippen LogP) is 3.34. The quantitative estimate of drug-likeness (QED) is 0.909. The number of rotatable bonds is 3. The largest absolute Gasteiger partial charge is 0.487 e. The molecule has 0 saturated heterocycles. The molecular weight excluding hydrogens is 304 g/mol. The van der Waals surface area contributed by atoms with E-state index in [9.17, 15) is 4.79 Å². The minimum atomic E-state index is -0.143. The van der Waals surface area contributed by atoms with Crippen molar-refractivity contribution in [3.05, 3.63) is 47.5 Å². The van der Waals surface area contributed by atoms with Gasteiger partial charge in [0.2, 0.25) is 0 Å². The van der Waals surface area contributed by atoms with Gasteiger partial charge < -0.3 is 20.1 Å². The van der Waals surface area contributed by atoms with E-state index in [2.05, 4.69) is 42.7 Å². The van der Waals surface area contributed by atoms with Gasteiger partial charge in [0, 0.05) is 30.3 Å². The van der Waals surface area contributed by atoms with E-state index in [-0.39, 0.29) is 18.1 Å². The maximum Gasteiger partial charge on any atom is 0.262 e. The lowest BCUT2D eigenvalue weighted by Crippen LogP contribution is -2.25. The van der Waals surface area contributed by atoms with Crippen molar-refractivity contribution in [1.82, 2.24) is 0 Å². The number of benzene rings is 2. The van der Waals surface area contributed by atoms with Gasteiger partial charge in [0.05, 0.1) is 5.69 Å². The van der Waals surface area contributed by atoms with Crippen LogP contribution in [0.2, 0.25) is 0 Å². The van der Waals surface area contributed by atoms with E-state index in [0.29, 0.717) is 18.0 Å². The SMILES string of the molecule is CC1(C)Cc2cccc(CNc3ccc4c(c3)OCC(=O)N4)c2O1. The Morgan fingerprint density at radius 2 is 2.12 bits per heavy atom.